The summed E-state index contributed by atoms with van der Waals surface area (Å²) in [6, 6.07) is 0. The maximum atomic E-state index is 11.0. The quantitative estimate of drug-likeness (QED) is 0.645. The van der Waals surface area contributed by atoms with Gasteiger partial charge in [0, 0.05) is 6.42 Å². The van der Waals surface area contributed by atoms with Crippen molar-refractivity contribution in [2.45, 2.75) is 91.1 Å². The molecule has 0 aromatic heterocycles. The third kappa shape index (κ3) is 3.09. The summed E-state index contributed by atoms with van der Waals surface area (Å²) in [5, 5.41) is 19.2. The molecule has 0 aliphatic heterocycles. The highest BCUT2D eigenvalue weighted by atomic mass is 16.4. The molecule has 0 aromatic carbocycles. The van der Waals surface area contributed by atoms with Crippen molar-refractivity contribution in [2.75, 3.05) is 0 Å². The van der Waals surface area contributed by atoms with Crippen LogP contribution in [-0.2, 0) is 4.79 Å². The zero-order valence-electron chi connectivity index (χ0n) is 17.4. The van der Waals surface area contributed by atoms with Gasteiger partial charge in [0.05, 0.1) is 6.10 Å². The number of aliphatic hydroxyl groups is 1. The predicted molar refractivity (Wildman–Crippen MR) is 107 cm³/mol. The maximum Gasteiger partial charge on any atom is 0.303 e. The van der Waals surface area contributed by atoms with E-state index < -0.39 is 5.97 Å². The first-order valence-electron chi connectivity index (χ1n) is 11.3. The van der Waals surface area contributed by atoms with Crippen LogP contribution < -0.4 is 0 Å². The Kier molecular flexibility index (Phi) is 4.98. The first-order chi connectivity index (χ1) is 12.8. The number of carbonyl (C=O) groups is 1. The highest BCUT2D eigenvalue weighted by Crippen LogP contribution is 2.67. The largest absolute Gasteiger partial charge is 0.481 e. The van der Waals surface area contributed by atoms with E-state index in [9.17, 15) is 9.90 Å². The van der Waals surface area contributed by atoms with E-state index in [1.807, 2.05) is 0 Å². The molecule has 3 saturated carbocycles. The second-order valence-electron chi connectivity index (χ2n) is 10.8. The molecule has 3 fully saturated rings. The lowest BCUT2D eigenvalue weighted by Crippen LogP contribution is -2.50. The first kappa shape index (κ1) is 19.5. The number of aliphatic carboxylic acids is 1. The minimum absolute atomic E-state index is 0.124. The molecule has 0 amide bonds. The normalized spacial score (nSPS) is 47.4. The standard InChI is InChI=1S/C24H38O3/c1-15(4-9-22(26)27)19-7-8-20-18-6-5-16-14-17(25)10-12-23(16,2)21(18)11-13-24(19,20)3/h5,15,17-21,25H,4,6-14H2,1-3H3,(H,26,27). The van der Waals surface area contributed by atoms with Crippen molar-refractivity contribution in [1.29, 1.82) is 0 Å². The van der Waals surface area contributed by atoms with Crippen molar-refractivity contribution >= 4 is 5.97 Å². The monoisotopic (exact) mass is 374 g/mol. The summed E-state index contributed by atoms with van der Waals surface area (Å²) in [5.41, 5.74) is 2.27. The number of carboxylic acid groups (broad SMARTS) is 1. The summed E-state index contributed by atoms with van der Waals surface area (Å²) in [6.45, 7) is 7.33. The van der Waals surface area contributed by atoms with Gasteiger partial charge in [-0.1, -0.05) is 32.4 Å². The number of hydrogen-bond donors (Lipinski definition) is 2. The Morgan fingerprint density at radius 2 is 1.96 bits per heavy atom. The van der Waals surface area contributed by atoms with Crippen LogP contribution in [0.3, 0.4) is 0 Å². The average molecular weight is 375 g/mol. The minimum Gasteiger partial charge on any atom is -0.481 e. The zero-order valence-corrected chi connectivity index (χ0v) is 17.4. The van der Waals surface area contributed by atoms with E-state index in [-0.39, 0.29) is 6.10 Å². The molecular weight excluding hydrogens is 336 g/mol. The zero-order chi connectivity index (χ0) is 19.4. The van der Waals surface area contributed by atoms with Gasteiger partial charge in [-0.05, 0) is 98.2 Å². The molecule has 152 valence electrons. The Hall–Kier alpha value is -0.830. The second-order valence-corrected chi connectivity index (χ2v) is 10.8. The fourth-order valence-corrected chi connectivity index (χ4v) is 8.17. The Balaban J connectivity index is 1.54. The molecule has 0 bridgehead atoms. The number of allylic oxidation sites excluding steroid dienone is 1. The summed E-state index contributed by atoms with van der Waals surface area (Å²) in [4.78, 5) is 11.0. The van der Waals surface area contributed by atoms with Crippen LogP contribution in [-0.4, -0.2) is 22.3 Å². The fourth-order valence-electron chi connectivity index (χ4n) is 8.17. The number of aliphatic hydroxyl groups excluding tert-OH is 1. The van der Waals surface area contributed by atoms with Gasteiger partial charge in [0.2, 0.25) is 0 Å². The topological polar surface area (TPSA) is 57.5 Å². The van der Waals surface area contributed by atoms with Gasteiger partial charge >= 0.3 is 5.97 Å². The second kappa shape index (κ2) is 6.90. The van der Waals surface area contributed by atoms with Gasteiger partial charge in [-0.3, -0.25) is 4.79 Å². The van der Waals surface area contributed by atoms with E-state index in [1.165, 1.54) is 32.1 Å². The molecular formula is C24H38O3. The Morgan fingerprint density at radius 1 is 1.19 bits per heavy atom. The summed E-state index contributed by atoms with van der Waals surface area (Å²) < 4.78 is 0. The lowest BCUT2D eigenvalue weighted by Gasteiger charge is -2.58. The fraction of sp³-hybridized carbons (Fsp3) is 0.875. The molecule has 4 rings (SSSR count). The molecule has 0 radical (unpaired) electrons. The lowest BCUT2D eigenvalue weighted by molar-refractivity contribution is -0.137. The number of carboxylic acids is 1. The Labute approximate surface area is 164 Å². The van der Waals surface area contributed by atoms with Gasteiger partial charge in [0.25, 0.3) is 0 Å². The van der Waals surface area contributed by atoms with E-state index in [4.69, 9.17) is 5.11 Å². The van der Waals surface area contributed by atoms with E-state index >= 15 is 0 Å². The van der Waals surface area contributed by atoms with Crippen molar-refractivity contribution in [3.05, 3.63) is 11.6 Å². The molecule has 8 atom stereocenters. The van der Waals surface area contributed by atoms with Crippen LogP contribution in [0.5, 0.6) is 0 Å². The average Bonchev–Trinajstić information content (AvgIpc) is 2.97. The maximum absolute atomic E-state index is 11.0. The minimum atomic E-state index is -0.650. The summed E-state index contributed by atoms with van der Waals surface area (Å²) in [6.07, 6.45) is 13.0. The van der Waals surface area contributed by atoms with Crippen molar-refractivity contribution in [3.63, 3.8) is 0 Å². The molecule has 0 heterocycles. The third-order valence-electron chi connectivity index (χ3n) is 9.65. The lowest BCUT2D eigenvalue weighted by atomic mass is 9.47. The van der Waals surface area contributed by atoms with E-state index in [0.717, 1.165) is 43.4 Å². The van der Waals surface area contributed by atoms with Crippen LogP contribution in [0, 0.1) is 40.4 Å². The van der Waals surface area contributed by atoms with Crippen molar-refractivity contribution in [1.82, 2.24) is 0 Å². The van der Waals surface area contributed by atoms with E-state index in [0.29, 0.717) is 29.1 Å². The molecule has 27 heavy (non-hydrogen) atoms. The van der Waals surface area contributed by atoms with Crippen molar-refractivity contribution < 1.29 is 15.0 Å². The number of hydrogen-bond acceptors (Lipinski definition) is 2. The number of rotatable bonds is 4. The molecule has 3 nitrogen and oxygen atoms in total. The summed E-state index contributed by atoms with van der Waals surface area (Å²) in [5.74, 6) is 2.94. The van der Waals surface area contributed by atoms with E-state index in [2.05, 4.69) is 26.8 Å². The van der Waals surface area contributed by atoms with Crippen LogP contribution in [0.1, 0.15) is 85.0 Å². The smallest absolute Gasteiger partial charge is 0.303 e. The van der Waals surface area contributed by atoms with Crippen molar-refractivity contribution in [3.8, 4) is 0 Å². The summed E-state index contributed by atoms with van der Waals surface area (Å²) >= 11 is 0. The molecule has 8 unspecified atom stereocenters. The predicted octanol–water partition coefficient (Wildman–Crippen LogP) is 5.43. The van der Waals surface area contributed by atoms with Crippen LogP contribution in [0.4, 0.5) is 0 Å². The van der Waals surface area contributed by atoms with Gasteiger partial charge < -0.3 is 10.2 Å². The molecule has 3 heteroatoms. The van der Waals surface area contributed by atoms with Crippen LogP contribution >= 0.6 is 0 Å². The SMILES string of the molecule is CC(CCC(=O)O)C1CCC2C3CC=C4CC(O)CCC4(C)C3CCC12C. The van der Waals surface area contributed by atoms with Gasteiger partial charge in [0.1, 0.15) is 0 Å². The van der Waals surface area contributed by atoms with Gasteiger partial charge in [-0.25, -0.2) is 0 Å². The van der Waals surface area contributed by atoms with Crippen molar-refractivity contribution in [2.24, 2.45) is 40.4 Å². The molecule has 4 aliphatic rings. The first-order valence-corrected chi connectivity index (χ1v) is 11.3. The highest BCUT2D eigenvalue weighted by molar-refractivity contribution is 5.66. The van der Waals surface area contributed by atoms with Gasteiger partial charge in [-0.2, -0.15) is 0 Å². The molecule has 0 saturated heterocycles. The summed E-state index contributed by atoms with van der Waals surface area (Å²) in [7, 11) is 0. The molecule has 2 N–H and O–H groups in total. The highest BCUT2D eigenvalue weighted by Gasteiger charge is 2.59. The Morgan fingerprint density at radius 3 is 2.70 bits per heavy atom. The molecule has 0 spiro atoms. The Bertz CT molecular complexity index is 625. The van der Waals surface area contributed by atoms with Crippen LogP contribution in [0.15, 0.2) is 11.6 Å². The van der Waals surface area contributed by atoms with E-state index in [1.54, 1.807) is 5.57 Å². The van der Waals surface area contributed by atoms with Gasteiger partial charge in [0.15, 0.2) is 0 Å². The molecule has 4 aliphatic carbocycles. The molecule has 0 aromatic rings. The van der Waals surface area contributed by atoms with Crippen LogP contribution in [0.2, 0.25) is 0 Å². The number of fused-ring (bicyclic) bond motifs is 5. The third-order valence-corrected chi connectivity index (χ3v) is 9.65. The van der Waals surface area contributed by atoms with Crippen LogP contribution in [0.25, 0.3) is 0 Å². The van der Waals surface area contributed by atoms with Gasteiger partial charge in [-0.15, -0.1) is 0 Å².